The first-order valence-electron chi connectivity index (χ1n) is 4.97. The molecule has 0 spiro atoms. The number of aromatic carboxylic acids is 1. The van der Waals surface area contributed by atoms with E-state index in [2.05, 4.69) is 4.98 Å². The molecule has 0 aliphatic rings. The second-order valence-corrected chi connectivity index (χ2v) is 3.44. The first-order valence-corrected chi connectivity index (χ1v) is 4.97. The zero-order valence-electron chi connectivity index (χ0n) is 9.10. The van der Waals surface area contributed by atoms with Crippen molar-refractivity contribution in [2.45, 2.75) is 13.8 Å². The van der Waals surface area contributed by atoms with Gasteiger partial charge in [-0.05, 0) is 13.8 Å². The lowest BCUT2D eigenvalue weighted by Gasteiger charge is -2.07. The average Bonchev–Trinajstić information content (AvgIpc) is 2.56. The molecule has 5 heteroatoms. The number of pyridine rings is 1. The van der Waals surface area contributed by atoms with E-state index in [1.54, 1.807) is 16.7 Å². The summed E-state index contributed by atoms with van der Waals surface area (Å²) in [6, 6.07) is 1.64. The number of ether oxygens (including phenoxy) is 1. The molecule has 2 aromatic heterocycles. The molecule has 2 aromatic rings. The minimum Gasteiger partial charge on any atom is -0.493 e. The highest BCUT2D eigenvalue weighted by Crippen LogP contribution is 2.21. The summed E-state index contributed by atoms with van der Waals surface area (Å²) in [7, 11) is 0. The van der Waals surface area contributed by atoms with Crippen LogP contribution in [0.2, 0.25) is 0 Å². The number of rotatable bonds is 3. The number of aryl methyl sites for hydroxylation is 1. The first kappa shape index (κ1) is 10.5. The van der Waals surface area contributed by atoms with Gasteiger partial charge in [-0.1, -0.05) is 0 Å². The highest BCUT2D eigenvalue weighted by atomic mass is 16.5. The highest BCUT2D eigenvalue weighted by Gasteiger charge is 2.13. The summed E-state index contributed by atoms with van der Waals surface area (Å²) in [6.45, 7) is 4.09. The Hall–Kier alpha value is -2.04. The van der Waals surface area contributed by atoms with Crippen LogP contribution in [0.4, 0.5) is 0 Å². The van der Waals surface area contributed by atoms with Crippen molar-refractivity contribution in [3.63, 3.8) is 0 Å². The van der Waals surface area contributed by atoms with Crippen molar-refractivity contribution in [1.29, 1.82) is 0 Å². The maximum atomic E-state index is 11.0. The minimum absolute atomic E-state index is 0.145. The third-order valence-electron chi connectivity index (χ3n) is 2.21. The fourth-order valence-corrected chi connectivity index (χ4v) is 1.58. The number of carboxylic acids is 1. The number of hydrogen-bond acceptors (Lipinski definition) is 3. The standard InChI is InChI=1S/C11H12N2O3/c1-3-16-9-4-10-12-7(2)5-13(10)6-8(9)11(14)15/h4-6H,3H2,1-2H3,(H,14,15). The van der Waals surface area contributed by atoms with Gasteiger partial charge < -0.3 is 14.2 Å². The normalized spacial score (nSPS) is 10.6. The lowest BCUT2D eigenvalue weighted by molar-refractivity contribution is 0.0692. The number of nitrogens with zero attached hydrogens (tertiary/aromatic N) is 2. The molecule has 0 radical (unpaired) electrons. The van der Waals surface area contributed by atoms with Crippen molar-refractivity contribution in [2.75, 3.05) is 6.61 Å². The predicted octanol–water partition coefficient (Wildman–Crippen LogP) is 1.74. The zero-order valence-corrected chi connectivity index (χ0v) is 9.10. The van der Waals surface area contributed by atoms with Gasteiger partial charge in [0.15, 0.2) is 0 Å². The van der Waals surface area contributed by atoms with Gasteiger partial charge in [0.05, 0.1) is 12.3 Å². The molecular weight excluding hydrogens is 208 g/mol. The van der Waals surface area contributed by atoms with Gasteiger partial charge in [-0.2, -0.15) is 0 Å². The maximum Gasteiger partial charge on any atom is 0.341 e. The summed E-state index contributed by atoms with van der Waals surface area (Å²) in [5.74, 6) is -0.648. The van der Waals surface area contributed by atoms with E-state index < -0.39 is 5.97 Å². The summed E-state index contributed by atoms with van der Waals surface area (Å²) >= 11 is 0. The number of hydrogen-bond donors (Lipinski definition) is 1. The van der Waals surface area contributed by atoms with Crippen LogP contribution in [0.3, 0.4) is 0 Å². The van der Waals surface area contributed by atoms with Crippen LogP contribution in [0, 0.1) is 6.92 Å². The molecule has 0 atom stereocenters. The SMILES string of the molecule is CCOc1cc2nc(C)cn2cc1C(=O)O. The van der Waals surface area contributed by atoms with Gasteiger partial charge in [0.25, 0.3) is 0 Å². The molecule has 0 fully saturated rings. The van der Waals surface area contributed by atoms with Gasteiger partial charge in [-0.25, -0.2) is 9.78 Å². The Bertz CT molecular complexity index is 545. The van der Waals surface area contributed by atoms with Crippen LogP contribution in [0.5, 0.6) is 5.75 Å². The molecule has 2 heterocycles. The van der Waals surface area contributed by atoms with Gasteiger partial charge in [-0.15, -0.1) is 0 Å². The van der Waals surface area contributed by atoms with E-state index in [0.29, 0.717) is 18.0 Å². The molecule has 0 saturated heterocycles. The van der Waals surface area contributed by atoms with Crippen molar-refractivity contribution in [3.05, 3.63) is 29.7 Å². The summed E-state index contributed by atoms with van der Waals surface area (Å²) < 4.78 is 6.96. The molecule has 0 unspecified atom stereocenters. The maximum absolute atomic E-state index is 11.0. The molecule has 5 nitrogen and oxygen atoms in total. The molecule has 0 saturated carbocycles. The van der Waals surface area contributed by atoms with E-state index in [-0.39, 0.29) is 5.56 Å². The minimum atomic E-state index is -1.00. The monoisotopic (exact) mass is 220 g/mol. The summed E-state index contributed by atoms with van der Waals surface area (Å²) in [5, 5.41) is 9.04. The third-order valence-corrected chi connectivity index (χ3v) is 2.21. The van der Waals surface area contributed by atoms with Crippen molar-refractivity contribution in [2.24, 2.45) is 0 Å². The Morgan fingerprint density at radius 1 is 1.56 bits per heavy atom. The smallest absolute Gasteiger partial charge is 0.341 e. The van der Waals surface area contributed by atoms with Crippen LogP contribution in [-0.4, -0.2) is 27.1 Å². The van der Waals surface area contributed by atoms with Crippen LogP contribution in [-0.2, 0) is 0 Å². The lowest BCUT2D eigenvalue weighted by atomic mass is 10.2. The Balaban J connectivity index is 2.64. The third kappa shape index (κ3) is 1.71. The van der Waals surface area contributed by atoms with E-state index in [1.807, 2.05) is 13.8 Å². The first-order chi connectivity index (χ1) is 7.61. The van der Waals surface area contributed by atoms with E-state index in [9.17, 15) is 4.79 Å². The van der Waals surface area contributed by atoms with E-state index in [1.165, 1.54) is 6.20 Å². The fourth-order valence-electron chi connectivity index (χ4n) is 1.58. The Morgan fingerprint density at radius 3 is 2.94 bits per heavy atom. The Morgan fingerprint density at radius 2 is 2.31 bits per heavy atom. The van der Waals surface area contributed by atoms with E-state index >= 15 is 0 Å². The van der Waals surface area contributed by atoms with Crippen LogP contribution >= 0.6 is 0 Å². The molecular formula is C11H12N2O3. The number of carboxylic acid groups (broad SMARTS) is 1. The zero-order chi connectivity index (χ0) is 11.7. The molecule has 0 aliphatic heterocycles. The summed E-state index contributed by atoms with van der Waals surface area (Å²) in [6.07, 6.45) is 3.29. The fraction of sp³-hybridized carbons (Fsp3) is 0.273. The second kappa shape index (κ2) is 3.84. The van der Waals surface area contributed by atoms with E-state index in [4.69, 9.17) is 9.84 Å². The predicted molar refractivity (Wildman–Crippen MR) is 58.1 cm³/mol. The van der Waals surface area contributed by atoms with E-state index in [0.717, 1.165) is 5.69 Å². The van der Waals surface area contributed by atoms with Crippen molar-refractivity contribution < 1.29 is 14.6 Å². The molecule has 0 aromatic carbocycles. The Kier molecular flexibility index (Phi) is 2.52. The quantitative estimate of drug-likeness (QED) is 0.855. The molecule has 0 aliphatic carbocycles. The molecule has 2 rings (SSSR count). The van der Waals surface area contributed by atoms with Crippen LogP contribution in [0.15, 0.2) is 18.5 Å². The molecule has 16 heavy (non-hydrogen) atoms. The summed E-state index contributed by atoms with van der Waals surface area (Å²) in [4.78, 5) is 15.3. The molecule has 0 amide bonds. The van der Waals surface area contributed by atoms with Gasteiger partial charge in [0.1, 0.15) is 17.0 Å². The topological polar surface area (TPSA) is 63.8 Å². The van der Waals surface area contributed by atoms with Gasteiger partial charge in [-0.3, -0.25) is 0 Å². The lowest BCUT2D eigenvalue weighted by Crippen LogP contribution is -2.04. The van der Waals surface area contributed by atoms with Gasteiger partial charge in [0.2, 0.25) is 0 Å². The second-order valence-electron chi connectivity index (χ2n) is 3.44. The number of imidazole rings is 1. The van der Waals surface area contributed by atoms with Gasteiger partial charge in [0, 0.05) is 18.5 Å². The average molecular weight is 220 g/mol. The van der Waals surface area contributed by atoms with Crippen LogP contribution < -0.4 is 4.74 Å². The van der Waals surface area contributed by atoms with Crippen molar-refractivity contribution >= 4 is 11.6 Å². The highest BCUT2D eigenvalue weighted by molar-refractivity contribution is 5.91. The van der Waals surface area contributed by atoms with Crippen LogP contribution in [0.25, 0.3) is 5.65 Å². The molecule has 1 N–H and O–H groups in total. The summed E-state index contributed by atoms with van der Waals surface area (Å²) in [5.41, 5.74) is 1.67. The molecule has 0 bridgehead atoms. The number of carbonyl (C=O) groups is 1. The number of aromatic nitrogens is 2. The van der Waals surface area contributed by atoms with Crippen molar-refractivity contribution in [3.8, 4) is 5.75 Å². The van der Waals surface area contributed by atoms with Crippen molar-refractivity contribution in [1.82, 2.24) is 9.38 Å². The van der Waals surface area contributed by atoms with Crippen LogP contribution in [0.1, 0.15) is 23.0 Å². The van der Waals surface area contributed by atoms with Gasteiger partial charge >= 0.3 is 5.97 Å². The largest absolute Gasteiger partial charge is 0.493 e. The number of fused-ring (bicyclic) bond motifs is 1. The Labute approximate surface area is 92.3 Å². The molecule has 84 valence electrons.